The van der Waals surface area contributed by atoms with Gasteiger partial charge in [-0.05, 0) is 48.8 Å². The standard InChI is InChI=1S/C19H28N2OSi/c1-15(2)16-5-7-17(8-6-16)19-20-18(14-22-19)13-21-9-11-23(3,4)12-10-21/h5-8,14-15H,9-13H2,1-4H3. The minimum Gasteiger partial charge on any atom is -0.444 e. The molecule has 2 aromatic rings. The second kappa shape index (κ2) is 6.61. The number of aromatic nitrogens is 1. The lowest BCUT2D eigenvalue weighted by molar-refractivity contribution is 0.278. The highest BCUT2D eigenvalue weighted by molar-refractivity contribution is 6.77. The first-order valence-electron chi connectivity index (χ1n) is 8.70. The van der Waals surface area contributed by atoms with Crippen molar-refractivity contribution < 1.29 is 4.42 Å². The first kappa shape index (κ1) is 16.5. The lowest BCUT2D eigenvalue weighted by atomic mass is 10.0. The Morgan fingerprint density at radius 2 is 1.78 bits per heavy atom. The average Bonchev–Trinajstić information content (AvgIpc) is 2.98. The summed E-state index contributed by atoms with van der Waals surface area (Å²) in [6.07, 6.45) is 1.82. The fourth-order valence-electron chi connectivity index (χ4n) is 3.07. The summed E-state index contributed by atoms with van der Waals surface area (Å²) in [6.45, 7) is 12.8. The molecule has 0 spiro atoms. The van der Waals surface area contributed by atoms with Crippen molar-refractivity contribution in [3.8, 4) is 11.5 Å². The van der Waals surface area contributed by atoms with Crippen LogP contribution in [0.5, 0.6) is 0 Å². The predicted octanol–water partition coefficient (Wildman–Crippen LogP) is 4.99. The Morgan fingerprint density at radius 1 is 1.13 bits per heavy atom. The van der Waals surface area contributed by atoms with Gasteiger partial charge in [-0.3, -0.25) is 4.90 Å². The molecule has 0 saturated carbocycles. The Bertz CT molecular complexity index is 636. The molecule has 1 aliphatic heterocycles. The SMILES string of the molecule is CC(C)c1ccc(-c2nc(CN3CC[Si](C)(C)CC3)co2)cc1. The molecule has 2 heterocycles. The van der Waals surface area contributed by atoms with Crippen LogP contribution in [0.4, 0.5) is 0 Å². The number of nitrogens with zero attached hydrogens (tertiary/aromatic N) is 2. The predicted molar refractivity (Wildman–Crippen MR) is 98.4 cm³/mol. The Kier molecular flexibility index (Phi) is 4.73. The highest BCUT2D eigenvalue weighted by atomic mass is 28.3. The van der Waals surface area contributed by atoms with Crippen molar-refractivity contribution in [1.29, 1.82) is 0 Å². The Morgan fingerprint density at radius 3 is 2.39 bits per heavy atom. The summed E-state index contributed by atoms with van der Waals surface area (Å²) in [5, 5.41) is 0. The van der Waals surface area contributed by atoms with Gasteiger partial charge in [0.15, 0.2) is 0 Å². The zero-order valence-corrected chi connectivity index (χ0v) is 15.8. The van der Waals surface area contributed by atoms with E-state index in [1.807, 2.05) is 6.26 Å². The summed E-state index contributed by atoms with van der Waals surface area (Å²) in [7, 11) is -0.897. The van der Waals surface area contributed by atoms with E-state index in [-0.39, 0.29) is 0 Å². The number of hydrogen-bond acceptors (Lipinski definition) is 3. The van der Waals surface area contributed by atoms with E-state index in [4.69, 9.17) is 4.42 Å². The third-order valence-corrected chi connectivity index (χ3v) is 8.13. The highest BCUT2D eigenvalue weighted by Crippen LogP contribution is 2.25. The maximum absolute atomic E-state index is 5.70. The molecular formula is C19H28N2OSi. The molecule has 1 aromatic heterocycles. The molecule has 0 N–H and O–H groups in total. The van der Waals surface area contributed by atoms with Crippen molar-refractivity contribution in [1.82, 2.24) is 9.88 Å². The van der Waals surface area contributed by atoms with Crippen LogP contribution in [-0.2, 0) is 6.54 Å². The molecule has 1 aromatic carbocycles. The first-order chi connectivity index (χ1) is 10.9. The maximum atomic E-state index is 5.70. The lowest BCUT2D eigenvalue weighted by Crippen LogP contribution is -2.42. The molecule has 0 amide bonds. The van der Waals surface area contributed by atoms with Gasteiger partial charge in [0.1, 0.15) is 6.26 Å². The topological polar surface area (TPSA) is 29.3 Å². The van der Waals surface area contributed by atoms with E-state index in [9.17, 15) is 0 Å². The van der Waals surface area contributed by atoms with Crippen LogP contribution in [0.15, 0.2) is 34.9 Å². The van der Waals surface area contributed by atoms with Crippen LogP contribution in [0, 0.1) is 0 Å². The van der Waals surface area contributed by atoms with Crippen molar-refractivity contribution in [3.05, 3.63) is 41.8 Å². The van der Waals surface area contributed by atoms with Crippen molar-refractivity contribution in [2.24, 2.45) is 0 Å². The van der Waals surface area contributed by atoms with Gasteiger partial charge in [-0.25, -0.2) is 4.98 Å². The zero-order valence-electron chi connectivity index (χ0n) is 14.8. The summed E-state index contributed by atoms with van der Waals surface area (Å²) < 4.78 is 5.70. The highest BCUT2D eigenvalue weighted by Gasteiger charge is 2.27. The smallest absolute Gasteiger partial charge is 0.226 e. The van der Waals surface area contributed by atoms with Gasteiger partial charge >= 0.3 is 0 Å². The minimum atomic E-state index is -0.897. The fourth-order valence-corrected chi connectivity index (χ4v) is 5.16. The largest absolute Gasteiger partial charge is 0.444 e. The second-order valence-corrected chi connectivity index (χ2v) is 13.2. The molecule has 3 nitrogen and oxygen atoms in total. The van der Waals surface area contributed by atoms with Crippen LogP contribution in [0.1, 0.15) is 31.0 Å². The van der Waals surface area contributed by atoms with Gasteiger partial charge in [-0.1, -0.05) is 39.1 Å². The summed E-state index contributed by atoms with van der Waals surface area (Å²) in [4.78, 5) is 7.20. The molecular weight excluding hydrogens is 300 g/mol. The Hall–Kier alpha value is -1.39. The molecule has 4 heteroatoms. The van der Waals surface area contributed by atoms with Gasteiger partial charge in [-0.2, -0.15) is 0 Å². The zero-order chi connectivity index (χ0) is 16.4. The van der Waals surface area contributed by atoms with Crippen molar-refractivity contribution in [2.45, 2.75) is 51.5 Å². The molecule has 1 saturated heterocycles. The monoisotopic (exact) mass is 328 g/mol. The van der Waals surface area contributed by atoms with Crippen LogP contribution in [0.2, 0.25) is 25.2 Å². The normalized spacial score (nSPS) is 18.5. The third kappa shape index (κ3) is 4.12. The van der Waals surface area contributed by atoms with Crippen LogP contribution in [0.3, 0.4) is 0 Å². The molecule has 1 fully saturated rings. The molecule has 1 aliphatic rings. The van der Waals surface area contributed by atoms with Crippen LogP contribution in [0.25, 0.3) is 11.5 Å². The van der Waals surface area contributed by atoms with Crippen molar-refractivity contribution in [2.75, 3.05) is 13.1 Å². The molecule has 23 heavy (non-hydrogen) atoms. The first-order valence-corrected chi connectivity index (χ1v) is 12.1. The molecule has 124 valence electrons. The maximum Gasteiger partial charge on any atom is 0.226 e. The van der Waals surface area contributed by atoms with Crippen molar-refractivity contribution >= 4 is 8.07 Å². The van der Waals surface area contributed by atoms with E-state index in [0.717, 1.165) is 23.7 Å². The van der Waals surface area contributed by atoms with Gasteiger partial charge in [0, 0.05) is 20.2 Å². The van der Waals surface area contributed by atoms with Gasteiger partial charge in [-0.15, -0.1) is 0 Å². The molecule has 0 radical (unpaired) electrons. The van der Waals surface area contributed by atoms with Crippen LogP contribution in [-0.4, -0.2) is 31.0 Å². The molecule has 3 rings (SSSR count). The van der Waals surface area contributed by atoms with E-state index in [1.165, 1.54) is 30.7 Å². The van der Waals surface area contributed by atoms with Gasteiger partial charge < -0.3 is 4.42 Å². The van der Waals surface area contributed by atoms with E-state index >= 15 is 0 Å². The fraction of sp³-hybridized carbons (Fsp3) is 0.526. The molecule has 0 unspecified atom stereocenters. The van der Waals surface area contributed by atoms with E-state index in [0.29, 0.717) is 5.92 Å². The summed E-state index contributed by atoms with van der Waals surface area (Å²) >= 11 is 0. The third-order valence-electron chi connectivity index (χ3n) is 4.97. The minimum absolute atomic E-state index is 0.552. The Labute approximate surface area is 140 Å². The van der Waals surface area contributed by atoms with Gasteiger partial charge in [0.2, 0.25) is 5.89 Å². The van der Waals surface area contributed by atoms with Crippen LogP contribution < -0.4 is 0 Å². The van der Waals surface area contributed by atoms with Crippen molar-refractivity contribution in [3.63, 3.8) is 0 Å². The molecule has 0 aliphatic carbocycles. The quantitative estimate of drug-likeness (QED) is 0.741. The van der Waals surface area contributed by atoms with Gasteiger partial charge in [0.25, 0.3) is 0 Å². The van der Waals surface area contributed by atoms with Gasteiger partial charge in [0.05, 0.1) is 5.69 Å². The van der Waals surface area contributed by atoms with E-state index < -0.39 is 8.07 Å². The number of rotatable bonds is 4. The summed E-state index contributed by atoms with van der Waals surface area (Å²) in [6, 6.07) is 11.4. The number of hydrogen-bond donors (Lipinski definition) is 0. The number of oxazole rings is 1. The molecule has 0 bridgehead atoms. The molecule has 0 atom stereocenters. The number of benzene rings is 1. The summed E-state index contributed by atoms with van der Waals surface area (Å²) in [5.74, 6) is 1.29. The summed E-state index contributed by atoms with van der Waals surface area (Å²) in [5.41, 5.74) is 3.46. The average molecular weight is 329 g/mol. The van der Waals surface area contributed by atoms with E-state index in [1.54, 1.807) is 0 Å². The van der Waals surface area contributed by atoms with Crippen LogP contribution >= 0.6 is 0 Å². The second-order valence-electron chi connectivity index (χ2n) is 7.86. The van der Waals surface area contributed by atoms with E-state index in [2.05, 4.69) is 61.1 Å². The Balaban J connectivity index is 1.64. The lowest BCUT2D eigenvalue weighted by Gasteiger charge is -2.35.